The van der Waals surface area contributed by atoms with Crippen LogP contribution in [-0.2, 0) is 4.74 Å². The first-order valence-electron chi connectivity index (χ1n) is 6.15. The molecule has 7 heteroatoms. The highest BCUT2D eigenvalue weighted by Crippen LogP contribution is 2.14. The Bertz CT molecular complexity index is 602. The first kappa shape index (κ1) is 16.1. The number of aliphatic imine (C=N–C) groups is 1. The zero-order valence-corrected chi connectivity index (χ0v) is 11.6. The van der Waals surface area contributed by atoms with Gasteiger partial charge in [0.05, 0.1) is 12.2 Å². The Morgan fingerprint density at radius 3 is 2.33 bits per heavy atom. The summed E-state index contributed by atoms with van der Waals surface area (Å²) in [5.41, 5.74) is 12.2. The summed E-state index contributed by atoms with van der Waals surface area (Å²) in [6, 6.07) is 6.54. The summed E-state index contributed by atoms with van der Waals surface area (Å²) in [4.78, 5) is 15.3. The lowest BCUT2D eigenvalue weighted by Crippen LogP contribution is -2.29. The minimum atomic E-state index is -0.400. The van der Waals surface area contributed by atoms with Gasteiger partial charge < -0.3 is 21.6 Å². The zero-order chi connectivity index (χ0) is 15.8. The second-order valence-corrected chi connectivity index (χ2v) is 3.95. The fourth-order valence-corrected chi connectivity index (χ4v) is 1.42. The Balaban J connectivity index is 3.00. The fourth-order valence-electron chi connectivity index (χ4n) is 1.42. The number of hydrogen-bond acceptors (Lipinski definition) is 5. The maximum atomic E-state index is 11.5. The second-order valence-electron chi connectivity index (χ2n) is 3.95. The maximum absolute atomic E-state index is 11.5. The quantitative estimate of drug-likeness (QED) is 0.366. The van der Waals surface area contributed by atoms with Crippen molar-refractivity contribution in [1.29, 1.82) is 10.8 Å². The summed E-state index contributed by atoms with van der Waals surface area (Å²) in [7, 11) is 0. The standard InChI is InChI=1S/C14H17N5O2/c1-2-21-14(20)10-5-3-9(4-6-10)11(7-15)8-19-13(18)12(16)17/h3-8,15H,2H2,1H3,(H3,16,17)(H2,18,19)/b11-8+,15-7?. The average molecular weight is 287 g/mol. The third-order valence-electron chi connectivity index (χ3n) is 2.50. The molecule has 0 fully saturated rings. The van der Waals surface area contributed by atoms with E-state index in [1.165, 1.54) is 6.20 Å². The van der Waals surface area contributed by atoms with Crippen LogP contribution in [0.15, 0.2) is 35.5 Å². The molecule has 110 valence electrons. The number of nitrogens with zero attached hydrogens (tertiary/aromatic N) is 1. The van der Waals surface area contributed by atoms with Crippen LogP contribution in [0.3, 0.4) is 0 Å². The van der Waals surface area contributed by atoms with Gasteiger partial charge in [-0.1, -0.05) is 12.1 Å². The van der Waals surface area contributed by atoms with Crippen LogP contribution in [0.2, 0.25) is 0 Å². The van der Waals surface area contributed by atoms with E-state index in [0.717, 1.165) is 6.21 Å². The first-order chi connectivity index (χ1) is 9.99. The largest absolute Gasteiger partial charge is 0.462 e. The Labute approximate surface area is 122 Å². The summed E-state index contributed by atoms with van der Waals surface area (Å²) < 4.78 is 4.89. The molecule has 0 aliphatic rings. The molecule has 0 aliphatic carbocycles. The van der Waals surface area contributed by atoms with Crippen molar-refractivity contribution in [3.8, 4) is 0 Å². The third-order valence-corrected chi connectivity index (χ3v) is 2.50. The summed E-state index contributed by atoms with van der Waals surface area (Å²) in [5.74, 6) is -0.867. The van der Waals surface area contributed by atoms with Crippen molar-refractivity contribution in [1.82, 2.24) is 0 Å². The minimum Gasteiger partial charge on any atom is -0.462 e. The predicted octanol–water partition coefficient (Wildman–Crippen LogP) is 1.15. The molecule has 0 spiro atoms. The van der Waals surface area contributed by atoms with E-state index in [9.17, 15) is 4.79 Å². The number of carbonyl (C=O) groups is 1. The highest BCUT2D eigenvalue weighted by Gasteiger charge is 2.06. The van der Waals surface area contributed by atoms with Gasteiger partial charge in [0, 0.05) is 18.0 Å². The molecule has 0 aliphatic heterocycles. The molecule has 0 aromatic heterocycles. The van der Waals surface area contributed by atoms with Gasteiger partial charge in [0.15, 0.2) is 11.7 Å². The summed E-state index contributed by atoms with van der Waals surface area (Å²) in [5, 5.41) is 14.5. The van der Waals surface area contributed by atoms with Crippen molar-refractivity contribution >= 4 is 29.4 Å². The molecule has 0 amide bonds. The summed E-state index contributed by atoms with van der Waals surface area (Å²) in [6.07, 6.45) is 2.43. The molecule has 6 N–H and O–H groups in total. The van der Waals surface area contributed by atoms with E-state index in [2.05, 4.69) is 4.99 Å². The van der Waals surface area contributed by atoms with Crippen molar-refractivity contribution in [3.63, 3.8) is 0 Å². The van der Waals surface area contributed by atoms with Gasteiger partial charge in [-0.3, -0.25) is 5.41 Å². The van der Waals surface area contributed by atoms with Crippen LogP contribution < -0.4 is 11.5 Å². The molecule has 0 bridgehead atoms. The number of hydrogen-bond donors (Lipinski definition) is 4. The van der Waals surface area contributed by atoms with Crippen molar-refractivity contribution in [2.45, 2.75) is 6.92 Å². The van der Waals surface area contributed by atoms with E-state index >= 15 is 0 Å². The highest BCUT2D eigenvalue weighted by molar-refractivity contribution is 6.38. The molecule has 1 aromatic carbocycles. The van der Waals surface area contributed by atoms with E-state index < -0.39 is 5.97 Å². The van der Waals surface area contributed by atoms with E-state index in [1.54, 1.807) is 31.2 Å². The Morgan fingerprint density at radius 1 is 1.29 bits per heavy atom. The first-order valence-corrected chi connectivity index (χ1v) is 6.15. The van der Waals surface area contributed by atoms with Crippen LogP contribution in [0.5, 0.6) is 0 Å². The molecule has 1 rings (SSSR count). The Morgan fingerprint density at radius 2 is 1.86 bits per heavy atom. The number of ether oxygens (including phenoxy) is 1. The lowest BCUT2D eigenvalue weighted by Gasteiger charge is -2.04. The fraction of sp³-hybridized carbons (Fsp3) is 0.143. The van der Waals surface area contributed by atoms with Crippen LogP contribution in [0, 0.1) is 10.8 Å². The Kier molecular flexibility index (Phi) is 5.81. The molecular weight excluding hydrogens is 270 g/mol. The molecule has 0 atom stereocenters. The Hall–Kier alpha value is -2.96. The van der Waals surface area contributed by atoms with Crippen LogP contribution in [0.1, 0.15) is 22.8 Å². The zero-order valence-electron chi connectivity index (χ0n) is 11.6. The number of benzene rings is 1. The monoisotopic (exact) mass is 287 g/mol. The van der Waals surface area contributed by atoms with Gasteiger partial charge in [-0.05, 0) is 24.6 Å². The average Bonchev–Trinajstić information content (AvgIpc) is 2.48. The number of rotatable bonds is 5. The molecule has 0 radical (unpaired) electrons. The number of allylic oxidation sites excluding steroid dienone is 1. The van der Waals surface area contributed by atoms with E-state index in [1.807, 2.05) is 0 Å². The third kappa shape index (κ3) is 4.57. The molecule has 0 unspecified atom stereocenters. The predicted molar refractivity (Wildman–Crippen MR) is 82.7 cm³/mol. The smallest absolute Gasteiger partial charge is 0.338 e. The van der Waals surface area contributed by atoms with Gasteiger partial charge in [0.25, 0.3) is 0 Å². The van der Waals surface area contributed by atoms with Gasteiger partial charge in [-0.2, -0.15) is 0 Å². The van der Waals surface area contributed by atoms with Gasteiger partial charge in [-0.15, -0.1) is 0 Å². The van der Waals surface area contributed by atoms with Gasteiger partial charge in [0.1, 0.15) is 0 Å². The lowest BCUT2D eigenvalue weighted by atomic mass is 10.1. The minimum absolute atomic E-state index is 0.127. The molecule has 1 aromatic rings. The van der Waals surface area contributed by atoms with Gasteiger partial charge >= 0.3 is 5.97 Å². The molecule has 7 nitrogen and oxygen atoms in total. The summed E-state index contributed by atoms with van der Waals surface area (Å²) >= 11 is 0. The van der Waals surface area contributed by atoms with Gasteiger partial charge in [-0.25, -0.2) is 9.79 Å². The second kappa shape index (κ2) is 7.59. The number of nitrogens with two attached hydrogens (primary N) is 2. The number of esters is 1. The van der Waals surface area contributed by atoms with E-state index in [0.29, 0.717) is 23.3 Å². The van der Waals surface area contributed by atoms with Crippen LogP contribution in [0.25, 0.3) is 5.57 Å². The molecule has 0 saturated heterocycles. The van der Waals surface area contributed by atoms with Crippen LogP contribution in [0.4, 0.5) is 0 Å². The van der Waals surface area contributed by atoms with Crippen LogP contribution >= 0.6 is 0 Å². The molecule has 0 heterocycles. The van der Waals surface area contributed by atoms with Gasteiger partial charge in [0.2, 0.25) is 0 Å². The maximum Gasteiger partial charge on any atom is 0.338 e. The van der Waals surface area contributed by atoms with Crippen molar-refractivity contribution in [2.75, 3.05) is 6.61 Å². The van der Waals surface area contributed by atoms with Crippen molar-refractivity contribution in [3.05, 3.63) is 41.6 Å². The summed E-state index contributed by atoms with van der Waals surface area (Å²) in [6.45, 7) is 2.05. The van der Waals surface area contributed by atoms with E-state index in [4.69, 9.17) is 27.0 Å². The normalized spacial score (nSPS) is 11.9. The van der Waals surface area contributed by atoms with Crippen molar-refractivity contribution < 1.29 is 9.53 Å². The molecular formula is C14H17N5O2. The number of nitrogens with one attached hydrogen (secondary N) is 2. The topological polar surface area (TPSA) is 138 Å². The van der Waals surface area contributed by atoms with Crippen LogP contribution in [-0.4, -0.2) is 30.5 Å². The molecule has 21 heavy (non-hydrogen) atoms. The number of carbonyl (C=O) groups excluding carboxylic acids is 1. The number of amidine groups is 2. The van der Waals surface area contributed by atoms with E-state index in [-0.39, 0.29) is 11.7 Å². The lowest BCUT2D eigenvalue weighted by molar-refractivity contribution is 0.0526. The van der Waals surface area contributed by atoms with Crippen molar-refractivity contribution in [2.24, 2.45) is 16.5 Å². The SMILES string of the molecule is CCOC(=O)c1ccc(/C(C=N)=C/N=C(N)C(=N)N)cc1. The highest BCUT2D eigenvalue weighted by atomic mass is 16.5. The molecule has 0 saturated carbocycles.